The van der Waals surface area contributed by atoms with Crippen molar-refractivity contribution in [3.05, 3.63) is 205 Å². The van der Waals surface area contributed by atoms with Gasteiger partial charge < -0.3 is 9.13 Å². The second-order valence-electron chi connectivity index (χ2n) is 14.5. The van der Waals surface area contributed by atoms with E-state index in [4.69, 9.17) is 0 Å². The summed E-state index contributed by atoms with van der Waals surface area (Å²) in [7, 11) is 0. The van der Waals surface area contributed by atoms with Gasteiger partial charge in [0, 0.05) is 32.9 Å². The molecule has 0 aliphatic carbocycles. The maximum absolute atomic E-state index is 2.41. The summed E-state index contributed by atoms with van der Waals surface area (Å²) in [6, 6.07) is 66.8. The van der Waals surface area contributed by atoms with Gasteiger partial charge in [-0.3, -0.25) is 0 Å². The molecule has 0 radical (unpaired) electrons. The molecule has 10 rings (SSSR count). The van der Waals surface area contributed by atoms with Crippen LogP contribution in [-0.4, -0.2) is 9.13 Å². The van der Waals surface area contributed by atoms with Gasteiger partial charge in [-0.2, -0.15) is 0 Å². The summed E-state index contributed by atoms with van der Waals surface area (Å²) in [5, 5.41) is 4.99. The summed E-state index contributed by atoms with van der Waals surface area (Å²) in [6.07, 6.45) is 8.48. The smallest absolute Gasteiger partial charge is 0.0541 e. The molecule has 0 amide bonds. The third-order valence-corrected chi connectivity index (χ3v) is 11.0. The number of benzene rings is 8. The number of aromatic nitrogens is 2. The van der Waals surface area contributed by atoms with E-state index in [1.165, 1.54) is 88.1 Å². The monoisotopic (exact) mass is 716 g/mol. The molecule has 10 aromatic rings. The zero-order valence-corrected chi connectivity index (χ0v) is 31.5. The molecule has 2 aromatic heterocycles. The fraction of sp³-hybridized carbons (Fsp3) is 0.0370. The van der Waals surface area contributed by atoms with E-state index < -0.39 is 0 Å². The molecule has 0 spiro atoms. The van der Waals surface area contributed by atoms with Gasteiger partial charge in [-0.15, -0.1) is 0 Å². The van der Waals surface area contributed by atoms with Crippen LogP contribution in [0.25, 0.3) is 101 Å². The van der Waals surface area contributed by atoms with Crippen molar-refractivity contribution in [1.29, 1.82) is 0 Å². The van der Waals surface area contributed by atoms with E-state index in [0.29, 0.717) is 0 Å². The Hall–Kier alpha value is -7.16. The van der Waals surface area contributed by atoms with Crippen LogP contribution < -0.4 is 0 Å². The molecule has 0 aliphatic heterocycles. The summed E-state index contributed by atoms with van der Waals surface area (Å²) in [6.45, 7) is 4.12. The Kier molecular flexibility index (Phi) is 8.30. The molecule has 56 heavy (non-hydrogen) atoms. The highest BCUT2D eigenvalue weighted by molar-refractivity contribution is 6.12. The predicted molar refractivity (Wildman–Crippen MR) is 241 cm³/mol. The first-order chi connectivity index (χ1) is 27.7. The van der Waals surface area contributed by atoms with Gasteiger partial charge in [-0.25, -0.2) is 0 Å². The van der Waals surface area contributed by atoms with Gasteiger partial charge in [0.1, 0.15) is 0 Å². The number of para-hydroxylation sites is 2. The second kappa shape index (κ2) is 13.9. The lowest BCUT2D eigenvalue weighted by atomic mass is 10.0. The predicted octanol–water partition coefficient (Wildman–Crippen LogP) is 14.9. The minimum Gasteiger partial charge on any atom is -0.309 e. The Bertz CT molecular complexity index is 2950. The fourth-order valence-electron chi connectivity index (χ4n) is 8.54. The molecule has 0 saturated heterocycles. The molecule has 2 heteroatoms. The van der Waals surface area contributed by atoms with Crippen LogP contribution in [0.1, 0.15) is 25.0 Å². The largest absolute Gasteiger partial charge is 0.309 e. The van der Waals surface area contributed by atoms with Crippen LogP contribution in [0.3, 0.4) is 0 Å². The van der Waals surface area contributed by atoms with Gasteiger partial charge in [-0.1, -0.05) is 133 Å². The second-order valence-corrected chi connectivity index (χ2v) is 14.5. The van der Waals surface area contributed by atoms with Crippen molar-refractivity contribution in [2.75, 3.05) is 0 Å². The van der Waals surface area contributed by atoms with E-state index in [-0.39, 0.29) is 0 Å². The molecule has 2 nitrogen and oxygen atoms in total. The van der Waals surface area contributed by atoms with Crippen LogP contribution in [0, 0.1) is 0 Å². The summed E-state index contributed by atoms with van der Waals surface area (Å²) >= 11 is 0. The van der Waals surface area contributed by atoms with Gasteiger partial charge in [-0.05, 0) is 131 Å². The molecule has 266 valence electrons. The minimum atomic E-state index is 1.15. The van der Waals surface area contributed by atoms with Gasteiger partial charge in [0.15, 0.2) is 0 Å². The molecule has 8 aromatic carbocycles. The van der Waals surface area contributed by atoms with Crippen LogP contribution >= 0.6 is 0 Å². The highest BCUT2D eigenvalue weighted by Gasteiger charge is 2.17. The SMILES string of the molecule is C/C=C/c1cccc(-c2cccc(-n3c4ccccc4c4cc(-c5ccc6c(c5)c5ccccc5n6-c5cccc(-c6cccc(/C=C/C)c6)c5)ccc43)c2)c1. The van der Waals surface area contributed by atoms with E-state index in [1.807, 2.05) is 0 Å². The van der Waals surface area contributed by atoms with Gasteiger partial charge >= 0.3 is 0 Å². The van der Waals surface area contributed by atoms with E-state index in [1.54, 1.807) is 0 Å². The molecular formula is C54H40N2. The average Bonchev–Trinajstić information content (AvgIpc) is 3.76. The maximum Gasteiger partial charge on any atom is 0.0541 e. The van der Waals surface area contributed by atoms with Crippen LogP contribution in [0.4, 0.5) is 0 Å². The molecule has 0 aliphatic rings. The number of hydrogen-bond acceptors (Lipinski definition) is 0. The van der Waals surface area contributed by atoms with Crippen molar-refractivity contribution in [2.45, 2.75) is 13.8 Å². The van der Waals surface area contributed by atoms with E-state index >= 15 is 0 Å². The third-order valence-electron chi connectivity index (χ3n) is 11.0. The van der Waals surface area contributed by atoms with Crippen LogP contribution in [-0.2, 0) is 0 Å². The van der Waals surface area contributed by atoms with Crippen molar-refractivity contribution in [3.8, 4) is 44.8 Å². The first-order valence-electron chi connectivity index (χ1n) is 19.4. The lowest BCUT2D eigenvalue weighted by Crippen LogP contribution is -1.94. The Labute approximate surface area is 327 Å². The van der Waals surface area contributed by atoms with E-state index in [9.17, 15) is 0 Å². The van der Waals surface area contributed by atoms with Gasteiger partial charge in [0.05, 0.1) is 22.1 Å². The quantitative estimate of drug-likeness (QED) is 0.155. The van der Waals surface area contributed by atoms with E-state index in [0.717, 1.165) is 11.4 Å². The summed E-state index contributed by atoms with van der Waals surface area (Å²) in [5.74, 6) is 0. The lowest BCUT2D eigenvalue weighted by molar-refractivity contribution is 1.18. The number of hydrogen-bond donors (Lipinski definition) is 0. The Morgan fingerprint density at radius 1 is 0.304 bits per heavy atom. The molecule has 0 unspecified atom stereocenters. The number of allylic oxidation sites excluding steroid dienone is 2. The average molecular weight is 717 g/mol. The lowest BCUT2D eigenvalue weighted by Gasteiger charge is -2.12. The van der Waals surface area contributed by atoms with Crippen LogP contribution in [0.5, 0.6) is 0 Å². The maximum atomic E-state index is 2.41. The van der Waals surface area contributed by atoms with Crippen molar-refractivity contribution >= 4 is 55.8 Å². The van der Waals surface area contributed by atoms with Crippen molar-refractivity contribution in [1.82, 2.24) is 9.13 Å². The Morgan fingerprint density at radius 3 is 1.12 bits per heavy atom. The van der Waals surface area contributed by atoms with Crippen molar-refractivity contribution < 1.29 is 0 Å². The number of nitrogens with zero attached hydrogens (tertiary/aromatic N) is 2. The number of rotatable bonds is 7. The molecule has 0 bridgehead atoms. The molecule has 2 heterocycles. The standard InChI is InChI=1S/C54H40N2/c1-3-13-37-15-9-17-39(31-37)41-19-11-21-45(33-41)55-51-25-7-5-23-47(51)49-35-43(27-29-53(49)55)44-28-30-54-50(36-44)48-24-6-8-26-52(48)56(54)46-22-12-20-42(34-46)40-18-10-16-38(32-40)14-4-2/h3-36H,1-2H3/b13-3+,14-4+. The van der Waals surface area contributed by atoms with E-state index in [2.05, 4.69) is 229 Å². The summed E-state index contributed by atoms with van der Waals surface area (Å²) in [4.78, 5) is 0. The summed E-state index contributed by atoms with van der Waals surface area (Å²) < 4.78 is 4.82. The number of fused-ring (bicyclic) bond motifs is 6. The molecular weight excluding hydrogens is 677 g/mol. The molecule has 0 N–H and O–H groups in total. The Morgan fingerprint density at radius 2 is 0.679 bits per heavy atom. The fourth-order valence-corrected chi connectivity index (χ4v) is 8.54. The van der Waals surface area contributed by atoms with Crippen LogP contribution in [0.2, 0.25) is 0 Å². The highest BCUT2D eigenvalue weighted by Crippen LogP contribution is 2.39. The molecule has 0 atom stereocenters. The van der Waals surface area contributed by atoms with Crippen molar-refractivity contribution in [2.24, 2.45) is 0 Å². The van der Waals surface area contributed by atoms with Crippen molar-refractivity contribution in [3.63, 3.8) is 0 Å². The first kappa shape index (κ1) is 33.4. The molecule has 0 saturated carbocycles. The summed E-state index contributed by atoms with van der Waals surface area (Å²) in [5.41, 5.74) is 16.8. The third kappa shape index (κ3) is 5.75. The zero-order chi connectivity index (χ0) is 37.6. The first-order valence-corrected chi connectivity index (χ1v) is 19.4. The minimum absolute atomic E-state index is 1.15. The van der Waals surface area contributed by atoms with Gasteiger partial charge in [0.25, 0.3) is 0 Å². The normalized spacial score (nSPS) is 12.0. The molecule has 0 fully saturated rings. The zero-order valence-electron chi connectivity index (χ0n) is 31.5. The van der Waals surface area contributed by atoms with Crippen LogP contribution in [0.15, 0.2) is 194 Å². The highest BCUT2D eigenvalue weighted by atomic mass is 15.0. The van der Waals surface area contributed by atoms with Gasteiger partial charge in [0.2, 0.25) is 0 Å². The Balaban J connectivity index is 1.08. The topological polar surface area (TPSA) is 9.86 Å².